The van der Waals surface area contributed by atoms with Gasteiger partial charge < -0.3 is 14.7 Å². The molecular formula is C21H26N6O3S. The van der Waals surface area contributed by atoms with Crippen molar-refractivity contribution < 1.29 is 12.9 Å². The third-order valence-corrected chi connectivity index (χ3v) is 7.42. The predicted molar refractivity (Wildman–Crippen MR) is 118 cm³/mol. The molecule has 10 heteroatoms. The summed E-state index contributed by atoms with van der Waals surface area (Å²) >= 11 is 0. The normalized spacial score (nSPS) is 15.3. The average Bonchev–Trinajstić information content (AvgIpc) is 3.08. The lowest BCUT2D eigenvalue weighted by Crippen LogP contribution is -2.49. The van der Waals surface area contributed by atoms with Crippen molar-refractivity contribution in [3.05, 3.63) is 53.2 Å². The number of aromatic nitrogens is 3. The number of hydrogen-bond acceptors (Lipinski definition) is 8. The van der Waals surface area contributed by atoms with Gasteiger partial charge in [-0.2, -0.15) is 4.31 Å². The van der Waals surface area contributed by atoms with Crippen LogP contribution in [0.5, 0.6) is 0 Å². The highest BCUT2D eigenvalue weighted by Crippen LogP contribution is 2.26. The Balaban J connectivity index is 1.48. The molecule has 4 rings (SSSR count). The maximum atomic E-state index is 13.0. The first-order valence-corrected chi connectivity index (χ1v) is 11.6. The number of rotatable bonds is 5. The summed E-state index contributed by atoms with van der Waals surface area (Å²) in [6.07, 6.45) is 0. The Morgan fingerprint density at radius 2 is 1.65 bits per heavy atom. The summed E-state index contributed by atoms with van der Waals surface area (Å²) in [6, 6.07) is 9.98. The van der Waals surface area contributed by atoms with E-state index in [-0.39, 0.29) is 4.90 Å². The van der Waals surface area contributed by atoms with E-state index in [4.69, 9.17) is 4.52 Å². The first-order chi connectivity index (χ1) is 14.7. The number of hydrogen-bond donors (Lipinski definition) is 1. The molecule has 0 bridgehead atoms. The Bertz CT molecular complexity index is 1160. The predicted octanol–water partition coefficient (Wildman–Crippen LogP) is 2.95. The van der Waals surface area contributed by atoms with Gasteiger partial charge in [-0.05, 0) is 39.8 Å². The third kappa shape index (κ3) is 4.40. The molecule has 2 aromatic heterocycles. The van der Waals surface area contributed by atoms with Gasteiger partial charge in [-0.3, -0.25) is 0 Å². The minimum atomic E-state index is -3.64. The summed E-state index contributed by atoms with van der Waals surface area (Å²) in [5, 5.41) is 7.10. The summed E-state index contributed by atoms with van der Waals surface area (Å²) < 4.78 is 32.6. The van der Waals surface area contributed by atoms with Gasteiger partial charge in [-0.1, -0.05) is 22.9 Å². The lowest BCUT2D eigenvalue weighted by Gasteiger charge is -2.34. The van der Waals surface area contributed by atoms with Crippen molar-refractivity contribution in [3.8, 4) is 0 Å². The molecule has 0 radical (unpaired) electrons. The van der Waals surface area contributed by atoms with Crippen molar-refractivity contribution in [2.45, 2.75) is 32.6 Å². The van der Waals surface area contributed by atoms with Crippen LogP contribution in [0.15, 0.2) is 39.8 Å². The molecule has 0 amide bonds. The van der Waals surface area contributed by atoms with Gasteiger partial charge in [0, 0.05) is 37.9 Å². The van der Waals surface area contributed by atoms with Crippen LogP contribution in [0.4, 0.5) is 17.3 Å². The van der Waals surface area contributed by atoms with Gasteiger partial charge in [-0.15, -0.1) is 0 Å². The Hall–Kier alpha value is -2.98. The molecule has 0 atom stereocenters. The lowest BCUT2D eigenvalue weighted by atomic mass is 10.2. The van der Waals surface area contributed by atoms with Crippen LogP contribution in [-0.2, 0) is 10.0 Å². The average molecular weight is 443 g/mol. The number of anilines is 3. The van der Waals surface area contributed by atoms with Crippen molar-refractivity contribution in [1.29, 1.82) is 0 Å². The second-order valence-electron chi connectivity index (χ2n) is 7.69. The van der Waals surface area contributed by atoms with Crippen LogP contribution in [0, 0.1) is 27.7 Å². The number of benzene rings is 1. The minimum absolute atomic E-state index is 0.170. The van der Waals surface area contributed by atoms with E-state index < -0.39 is 10.0 Å². The molecule has 0 aliphatic carbocycles. The number of aryl methyl sites for hydroxylation is 4. The van der Waals surface area contributed by atoms with Crippen molar-refractivity contribution in [1.82, 2.24) is 19.4 Å². The van der Waals surface area contributed by atoms with Gasteiger partial charge in [0.1, 0.15) is 28.0 Å². The van der Waals surface area contributed by atoms with E-state index in [1.165, 1.54) is 9.87 Å². The van der Waals surface area contributed by atoms with E-state index in [9.17, 15) is 8.42 Å². The summed E-state index contributed by atoms with van der Waals surface area (Å²) in [7, 11) is -3.64. The molecule has 1 aromatic carbocycles. The van der Waals surface area contributed by atoms with Gasteiger partial charge in [0.15, 0.2) is 5.76 Å². The molecule has 3 heterocycles. The molecule has 31 heavy (non-hydrogen) atoms. The molecule has 3 aromatic rings. The molecule has 1 fully saturated rings. The maximum Gasteiger partial charge on any atom is 0.248 e. The standard InChI is InChI=1S/C21H26N6O3S/c1-14-5-7-18(8-6-14)24-19-13-20(23-17(4)22-19)26-9-11-27(12-10-26)31(28,29)21-15(2)25-30-16(21)3/h5-8,13H,9-12H2,1-4H3,(H,22,23,24). The smallest absolute Gasteiger partial charge is 0.248 e. The van der Waals surface area contributed by atoms with Crippen molar-refractivity contribution in [2.75, 3.05) is 36.4 Å². The second kappa shape index (κ2) is 8.27. The van der Waals surface area contributed by atoms with Gasteiger partial charge in [0.25, 0.3) is 0 Å². The topological polar surface area (TPSA) is 104 Å². The van der Waals surface area contributed by atoms with Gasteiger partial charge in [0.2, 0.25) is 10.0 Å². The highest BCUT2D eigenvalue weighted by atomic mass is 32.2. The third-order valence-electron chi connectivity index (χ3n) is 5.28. The molecule has 1 aliphatic heterocycles. The molecule has 0 unspecified atom stereocenters. The van der Waals surface area contributed by atoms with Crippen LogP contribution in [0.25, 0.3) is 0 Å². The zero-order chi connectivity index (χ0) is 22.2. The van der Waals surface area contributed by atoms with Crippen molar-refractivity contribution in [2.24, 2.45) is 0 Å². The van der Waals surface area contributed by atoms with Crippen molar-refractivity contribution >= 4 is 27.3 Å². The maximum absolute atomic E-state index is 13.0. The molecule has 1 saturated heterocycles. The quantitative estimate of drug-likeness (QED) is 0.643. The summed E-state index contributed by atoms with van der Waals surface area (Å²) in [5.41, 5.74) is 2.53. The fraction of sp³-hybridized carbons (Fsp3) is 0.381. The Kier molecular flexibility index (Phi) is 5.67. The van der Waals surface area contributed by atoms with Crippen LogP contribution in [-0.4, -0.2) is 54.0 Å². The monoisotopic (exact) mass is 442 g/mol. The van der Waals surface area contributed by atoms with Gasteiger partial charge >= 0.3 is 0 Å². The van der Waals surface area contributed by atoms with Gasteiger partial charge in [-0.25, -0.2) is 18.4 Å². The van der Waals surface area contributed by atoms with E-state index in [2.05, 4.69) is 25.3 Å². The van der Waals surface area contributed by atoms with E-state index in [1.54, 1.807) is 13.8 Å². The highest BCUT2D eigenvalue weighted by Gasteiger charge is 2.33. The molecule has 0 saturated carbocycles. The molecule has 0 spiro atoms. The zero-order valence-corrected chi connectivity index (χ0v) is 18.9. The van der Waals surface area contributed by atoms with Crippen LogP contribution in [0.3, 0.4) is 0 Å². The Morgan fingerprint density at radius 3 is 2.26 bits per heavy atom. The van der Waals surface area contributed by atoms with E-state index in [0.29, 0.717) is 49.3 Å². The van der Waals surface area contributed by atoms with E-state index >= 15 is 0 Å². The number of nitrogens with one attached hydrogen (secondary N) is 1. The lowest BCUT2D eigenvalue weighted by molar-refractivity contribution is 0.377. The number of sulfonamides is 1. The Labute approximate surface area is 182 Å². The molecule has 164 valence electrons. The molecule has 1 N–H and O–H groups in total. The minimum Gasteiger partial charge on any atom is -0.360 e. The highest BCUT2D eigenvalue weighted by molar-refractivity contribution is 7.89. The second-order valence-corrected chi connectivity index (χ2v) is 9.57. The first kappa shape index (κ1) is 21.3. The Morgan fingerprint density at radius 1 is 0.968 bits per heavy atom. The zero-order valence-electron chi connectivity index (χ0n) is 18.1. The molecule has 9 nitrogen and oxygen atoms in total. The van der Waals surface area contributed by atoms with E-state index in [0.717, 1.165) is 11.5 Å². The van der Waals surface area contributed by atoms with Crippen molar-refractivity contribution in [3.63, 3.8) is 0 Å². The van der Waals surface area contributed by atoms with Crippen LogP contribution < -0.4 is 10.2 Å². The molecule has 1 aliphatic rings. The van der Waals surface area contributed by atoms with Crippen LogP contribution in [0.1, 0.15) is 22.8 Å². The summed E-state index contributed by atoms with van der Waals surface area (Å²) in [6.45, 7) is 8.93. The van der Waals surface area contributed by atoms with Crippen LogP contribution >= 0.6 is 0 Å². The van der Waals surface area contributed by atoms with E-state index in [1.807, 2.05) is 44.2 Å². The fourth-order valence-electron chi connectivity index (χ4n) is 3.69. The SMILES string of the molecule is Cc1ccc(Nc2cc(N3CCN(S(=O)(=O)c4c(C)noc4C)CC3)nc(C)n2)cc1. The fourth-order valence-corrected chi connectivity index (χ4v) is 5.41. The number of nitrogens with zero attached hydrogens (tertiary/aromatic N) is 5. The first-order valence-electron chi connectivity index (χ1n) is 10.1. The summed E-state index contributed by atoms with van der Waals surface area (Å²) in [4.78, 5) is 11.3. The summed E-state index contributed by atoms with van der Waals surface area (Å²) in [5.74, 6) is 2.45. The number of piperazine rings is 1. The molecular weight excluding hydrogens is 416 g/mol. The van der Waals surface area contributed by atoms with Crippen LogP contribution in [0.2, 0.25) is 0 Å². The largest absolute Gasteiger partial charge is 0.360 e. The van der Waals surface area contributed by atoms with Gasteiger partial charge in [0.05, 0.1) is 0 Å².